The highest BCUT2D eigenvalue weighted by Gasteiger charge is 2.15. The molecule has 0 aromatic heterocycles. The standard InChI is InChI=1S/C8H17NO3/c1-9(3-4-10)6-8-2-5-11-7-12-8/h8,10H,2-7H2,1H3. The Balaban J connectivity index is 2.11. The van der Waals surface area contributed by atoms with Crippen LogP contribution in [0.15, 0.2) is 0 Å². The van der Waals surface area contributed by atoms with Crippen molar-refractivity contribution in [3.63, 3.8) is 0 Å². The smallest absolute Gasteiger partial charge is 0.147 e. The SMILES string of the molecule is CN(CCO)CC1CCOCO1. The zero-order chi connectivity index (χ0) is 8.81. The van der Waals surface area contributed by atoms with Crippen LogP contribution in [0, 0.1) is 0 Å². The van der Waals surface area contributed by atoms with Crippen LogP contribution in [0.1, 0.15) is 6.42 Å². The van der Waals surface area contributed by atoms with Crippen LogP contribution >= 0.6 is 0 Å². The van der Waals surface area contributed by atoms with Crippen LogP contribution in [0.4, 0.5) is 0 Å². The van der Waals surface area contributed by atoms with E-state index < -0.39 is 0 Å². The Kier molecular flexibility index (Phi) is 4.53. The van der Waals surface area contributed by atoms with Crippen LogP contribution in [-0.2, 0) is 9.47 Å². The first kappa shape index (κ1) is 9.92. The summed E-state index contributed by atoms with van der Waals surface area (Å²) < 4.78 is 10.4. The predicted molar refractivity (Wildman–Crippen MR) is 44.9 cm³/mol. The molecule has 0 radical (unpaired) electrons. The minimum atomic E-state index is 0.208. The van der Waals surface area contributed by atoms with Crippen molar-refractivity contribution >= 4 is 0 Å². The first-order valence-electron chi connectivity index (χ1n) is 4.31. The van der Waals surface area contributed by atoms with Crippen molar-refractivity contribution in [2.24, 2.45) is 0 Å². The Labute approximate surface area is 73.1 Å². The molecule has 1 fully saturated rings. The van der Waals surface area contributed by atoms with Crippen molar-refractivity contribution in [3.05, 3.63) is 0 Å². The van der Waals surface area contributed by atoms with E-state index in [1.807, 2.05) is 7.05 Å². The van der Waals surface area contributed by atoms with E-state index in [-0.39, 0.29) is 12.7 Å². The molecule has 1 atom stereocenters. The lowest BCUT2D eigenvalue weighted by Crippen LogP contribution is -2.36. The number of hydrogen-bond acceptors (Lipinski definition) is 4. The highest BCUT2D eigenvalue weighted by Crippen LogP contribution is 2.06. The Morgan fingerprint density at radius 1 is 1.58 bits per heavy atom. The first-order chi connectivity index (χ1) is 5.83. The Bertz CT molecular complexity index is 115. The van der Waals surface area contributed by atoms with Gasteiger partial charge in [0, 0.05) is 13.1 Å². The molecule has 12 heavy (non-hydrogen) atoms. The van der Waals surface area contributed by atoms with Gasteiger partial charge in [0.15, 0.2) is 0 Å². The molecule has 4 heteroatoms. The van der Waals surface area contributed by atoms with Gasteiger partial charge in [0.05, 0.1) is 19.3 Å². The zero-order valence-electron chi connectivity index (χ0n) is 7.53. The van der Waals surface area contributed by atoms with E-state index in [4.69, 9.17) is 14.6 Å². The molecular weight excluding hydrogens is 158 g/mol. The Morgan fingerprint density at radius 3 is 3.00 bits per heavy atom. The van der Waals surface area contributed by atoms with Crippen LogP contribution in [-0.4, -0.2) is 56.3 Å². The largest absolute Gasteiger partial charge is 0.395 e. The van der Waals surface area contributed by atoms with E-state index in [1.165, 1.54) is 0 Å². The second-order valence-electron chi connectivity index (χ2n) is 3.09. The quantitative estimate of drug-likeness (QED) is 0.635. The molecule has 1 rings (SSSR count). The monoisotopic (exact) mass is 175 g/mol. The van der Waals surface area contributed by atoms with E-state index in [2.05, 4.69) is 4.90 Å². The maximum Gasteiger partial charge on any atom is 0.147 e. The third-order valence-electron chi connectivity index (χ3n) is 1.97. The summed E-state index contributed by atoms with van der Waals surface area (Å²) in [5.74, 6) is 0. The summed E-state index contributed by atoms with van der Waals surface area (Å²) in [6.07, 6.45) is 1.23. The van der Waals surface area contributed by atoms with Crippen LogP contribution < -0.4 is 0 Å². The van der Waals surface area contributed by atoms with Crippen molar-refractivity contribution in [3.8, 4) is 0 Å². The first-order valence-corrected chi connectivity index (χ1v) is 4.31. The summed E-state index contributed by atoms with van der Waals surface area (Å²) in [5.41, 5.74) is 0. The second kappa shape index (κ2) is 5.48. The summed E-state index contributed by atoms with van der Waals surface area (Å²) in [6, 6.07) is 0. The number of nitrogens with zero attached hydrogens (tertiary/aromatic N) is 1. The minimum Gasteiger partial charge on any atom is -0.395 e. The van der Waals surface area contributed by atoms with Gasteiger partial charge in [-0.1, -0.05) is 0 Å². The molecule has 0 spiro atoms. The van der Waals surface area contributed by atoms with Gasteiger partial charge in [-0.25, -0.2) is 0 Å². The summed E-state index contributed by atoms with van der Waals surface area (Å²) in [7, 11) is 1.98. The van der Waals surface area contributed by atoms with Gasteiger partial charge in [-0.2, -0.15) is 0 Å². The van der Waals surface area contributed by atoms with E-state index >= 15 is 0 Å². The lowest BCUT2D eigenvalue weighted by Gasteiger charge is -2.26. The topological polar surface area (TPSA) is 41.9 Å². The normalized spacial score (nSPS) is 24.8. The van der Waals surface area contributed by atoms with Gasteiger partial charge in [-0.05, 0) is 13.5 Å². The van der Waals surface area contributed by atoms with Gasteiger partial charge in [-0.15, -0.1) is 0 Å². The fourth-order valence-electron chi connectivity index (χ4n) is 1.25. The van der Waals surface area contributed by atoms with E-state index in [1.54, 1.807) is 0 Å². The lowest BCUT2D eigenvalue weighted by molar-refractivity contribution is -0.143. The summed E-state index contributed by atoms with van der Waals surface area (Å²) >= 11 is 0. The molecule has 1 saturated heterocycles. The molecule has 1 aliphatic rings. The van der Waals surface area contributed by atoms with Crippen molar-refractivity contribution in [2.45, 2.75) is 12.5 Å². The summed E-state index contributed by atoms with van der Waals surface area (Å²) in [5, 5.41) is 8.66. The molecule has 0 aliphatic carbocycles. The van der Waals surface area contributed by atoms with E-state index in [0.717, 1.165) is 19.6 Å². The number of rotatable bonds is 4. The number of ether oxygens (including phenoxy) is 2. The number of aliphatic hydroxyl groups excluding tert-OH is 1. The molecule has 1 N–H and O–H groups in total. The number of hydrogen-bond donors (Lipinski definition) is 1. The molecule has 1 unspecified atom stereocenters. The Morgan fingerprint density at radius 2 is 2.42 bits per heavy atom. The maximum atomic E-state index is 8.66. The summed E-state index contributed by atoms with van der Waals surface area (Å²) in [4.78, 5) is 2.07. The number of aliphatic hydroxyl groups is 1. The molecular formula is C8H17NO3. The minimum absolute atomic E-state index is 0.208. The molecule has 1 heterocycles. The van der Waals surface area contributed by atoms with Crippen LogP contribution in [0.3, 0.4) is 0 Å². The van der Waals surface area contributed by atoms with Gasteiger partial charge >= 0.3 is 0 Å². The van der Waals surface area contributed by atoms with Gasteiger partial charge in [0.1, 0.15) is 6.79 Å². The lowest BCUT2D eigenvalue weighted by atomic mass is 10.2. The van der Waals surface area contributed by atoms with Gasteiger partial charge < -0.3 is 19.5 Å². The molecule has 0 aromatic carbocycles. The maximum absolute atomic E-state index is 8.66. The zero-order valence-corrected chi connectivity index (χ0v) is 7.53. The Hall–Kier alpha value is -0.160. The molecule has 0 saturated carbocycles. The van der Waals surface area contributed by atoms with Crippen molar-refractivity contribution in [1.29, 1.82) is 0 Å². The van der Waals surface area contributed by atoms with Gasteiger partial charge in [0.2, 0.25) is 0 Å². The highest BCUT2D eigenvalue weighted by molar-refractivity contribution is 4.64. The molecule has 72 valence electrons. The van der Waals surface area contributed by atoms with Crippen LogP contribution in [0.25, 0.3) is 0 Å². The molecule has 0 aromatic rings. The third-order valence-corrected chi connectivity index (χ3v) is 1.97. The van der Waals surface area contributed by atoms with Crippen LogP contribution in [0.2, 0.25) is 0 Å². The average molecular weight is 175 g/mol. The molecule has 4 nitrogen and oxygen atoms in total. The summed E-state index contributed by atoms with van der Waals surface area (Å²) in [6.45, 7) is 3.00. The molecule has 0 bridgehead atoms. The fourth-order valence-corrected chi connectivity index (χ4v) is 1.25. The predicted octanol–water partition coefficient (Wildman–Crippen LogP) is -0.327. The van der Waals surface area contributed by atoms with Crippen molar-refractivity contribution < 1.29 is 14.6 Å². The average Bonchev–Trinajstić information content (AvgIpc) is 2.06. The highest BCUT2D eigenvalue weighted by atomic mass is 16.7. The third kappa shape index (κ3) is 3.49. The van der Waals surface area contributed by atoms with Crippen molar-refractivity contribution in [2.75, 3.05) is 40.1 Å². The van der Waals surface area contributed by atoms with Gasteiger partial charge in [0.25, 0.3) is 0 Å². The van der Waals surface area contributed by atoms with Gasteiger partial charge in [-0.3, -0.25) is 0 Å². The number of likely N-dealkylation sites (N-methyl/N-ethyl adjacent to an activating group) is 1. The molecule has 1 aliphatic heterocycles. The molecule has 0 amide bonds. The van der Waals surface area contributed by atoms with Crippen LogP contribution in [0.5, 0.6) is 0 Å². The fraction of sp³-hybridized carbons (Fsp3) is 1.00. The van der Waals surface area contributed by atoms with Crippen molar-refractivity contribution in [1.82, 2.24) is 4.90 Å². The van der Waals surface area contributed by atoms with E-state index in [9.17, 15) is 0 Å². The second-order valence-corrected chi connectivity index (χ2v) is 3.09. The van der Waals surface area contributed by atoms with E-state index in [0.29, 0.717) is 13.3 Å².